The van der Waals surface area contributed by atoms with Gasteiger partial charge in [-0.1, -0.05) is 38.1 Å². The molecule has 1 aromatic rings. The van der Waals surface area contributed by atoms with Crippen LogP contribution in [-0.4, -0.2) is 67.4 Å². The highest BCUT2D eigenvalue weighted by Crippen LogP contribution is 2.35. The topological polar surface area (TPSA) is 55.9 Å². The highest BCUT2D eigenvalue weighted by molar-refractivity contribution is 6.01. The van der Waals surface area contributed by atoms with E-state index in [9.17, 15) is 9.59 Å². The number of nitrogens with one attached hydrogen (secondary N) is 1. The zero-order chi connectivity index (χ0) is 19.0. The molecule has 0 aromatic heterocycles. The van der Waals surface area contributed by atoms with E-state index in [-0.39, 0.29) is 18.0 Å². The van der Waals surface area contributed by atoms with Crippen LogP contribution in [0.3, 0.4) is 0 Å². The fraction of sp³-hybridized carbons (Fsp3) is 0.500. The minimum absolute atomic E-state index is 0.0200. The van der Waals surface area contributed by atoms with E-state index >= 15 is 0 Å². The summed E-state index contributed by atoms with van der Waals surface area (Å²) in [6.45, 7) is 6.24. The monoisotopic (exact) mass is 356 g/mol. The molecule has 0 aliphatic carbocycles. The van der Waals surface area contributed by atoms with Crippen LogP contribution in [0.5, 0.6) is 0 Å². The summed E-state index contributed by atoms with van der Waals surface area (Å²) in [7, 11) is 5.71. The maximum Gasteiger partial charge on any atom is 0.322 e. The Balaban J connectivity index is 1.91. The first-order valence-corrected chi connectivity index (χ1v) is 9.10. The Morgan fingerprint density at radius 1 is 1.19 bits per heavy atom. The van der Waals surface area contributed by atoms with E-state index in [0.717, 1.165) is 17.8 Å². The molecule has 3 rings (SSSR count). The maximum atomic E-state index is 13.0. The second kappa shape index (κ2) is 7.11. The number of likely N-dealkylation sites (N-methyl/N-ethyl adjacent to an activating group) is 2. The van der Waals surface area contributed by atoms with Crippen molar-refractivity contribution < 1.29 is 9.59 Å². The standard InChI is InChI=1S/C20H28N4O2/c1-13(2)14-6-8-15(9-7-14)18-17-16(23(5)20(26)21-18)12-24(19(17)25)11-10-22(3)4/h6-9,13,18H,10-12H2,1-5H3,(H,21,26). The second-order valence-corrected chi connectivity index (χ2v) is 7.65. The van der Waals surface area contributed by atoms with Gasteiger partial charge in [0.1, 0.15) is 0 Å². The van der Waals surface area contributed by atoms with E-state index in [1.165, 1.54) is 5.56 Å². The molecule has 1 unspecified atom stereocenters. The number of urea groups is 1. The first-order chi connectivity index (χ1) is 12.3. The molecule has 6 heteroatoms. The Hall–Kier alpha value is -2.34. The highest BCUT2D eigenvalue weighted by atomic mass is 16.2. The average Bonchev–Trinajstić information content (AvgIpc) is 2.93. The third kappa shape index (κ3) is 3.33. The Labute approximate surface area is 155 Å². The maximum absolute atomic E-state index is 13.0. The lowest BCUT2D eigenvalue weighted by Gasteiger charge is -2.31. The molecule has 1 N–H and O–H groups in total. The fourth-order valence-corrected chi connectivity index (χ4v) is 3.45. The van der Waals surface area contributed by atoms with Crippen LogP contribution in [-0.2, 0) is 4.79 Å². The van der Waals surface area contributed by atoms with E-state index in [1.807, 2.05) is 31.1 Å². The van der Waals surface area contributed by atoms with Crippen LogP contribution < -0.4 is 5.32 Å². The SMILES string of the molecule is CC(C)c1ccc(C2NC(=O)N(C)C3=C2C(=O)N(CCN(C)C)C3)cc1. The molecule has 1 aromatic carbocycles. The summed E-state index contributed by atoms with van der Waals surface area (Å²) in [6, 6.07) is 7.65. The van der Waals surface area contributed by atoms with Crippen molar-refractivity contribution in [1.82, 2.24) is 20.0 Å². The summed E-state index contributed by atoms with van der Waals surface area (Å²) in [5, 5.41) is 2.99. The Morgan fingerprint density at radius 2 is 1.85 bits per heavy atom. The molecule has 0 radical (unpaired) electrons. The van der Waals surface area contributed by atoms with Gasteiger partial charge in [0, 0.05) is 20.1 Å². The molecule has 0 spiro atoms. The molecule has 1 atom stereocenters. The van der Waals surface area contributed by atoms with Crippen LogP contribution in [0, 0.1) is 0 Å². The number of rotatable bonds is 5. The smallest absolute Gasteiger partial charge is 0.322 e. The lowest BCUT2D eigenvalue weighted by molar-refractivity contribution is -0.125. The third-order valence-corrected chi connectivity index (χ3v) is 5.19. The molecule has 3 amide bonds. The van der Waals surface area contributed by atoms with Crippen molar-refractivity contribution in [2.45, 2.75) is 25.8 Å². The van der Waals surface area contributed by atoms with Gasteiger partial charge < -0.3 is 15.1 Å². The van der Waals surface area contributed by atoms with Crippen LogP contribution in [0.2, 0.25) is 0 Å². The number of hydrogen-bond donors (Lipinski definition) is 1. The fourth-order valence-electron chi connectivity index (χ4n) is 3.45. The van der Waals surface area contributed by atoms with Gasteiger partial charge in [0.05, 0.1) is 23.9 Å². The number of benzene rings is 1. The third-order valence-electron chi connectivity index (χ3n) is 5.19. The van der Waals surface area contributed by atoms with Gasteiger partial charge in [0.25, 0.3) is 5.91 Å². The summed E-state index contributed by atoms with van der Waals surface area (Å²) < 4.78 is 0. The zero-order valence-electron chi connectivity index (χ0n) is 16.2. The molecular weight excluding hydrogens is 328 g/mol. The van der Waals surface area contributed by atoms with Crippen molar-refractivity contribution in [2.75, 3.05) is 40.8 Å². The van der Waals surface area contributed by atoms with Gasteiger partial charge in [-0.25, -0.2) is 4.79 Å². The molecule has 0 saturated carbocycles. The van der Waals surface area contributed by atoms with Gasteiger partial charge in [-0.15, -0.1) is 0 Å². The summed E-state index contributed by atoms with van der Waals surface area (Å²) in [5.74, 6) is 0.465. The normalized spacial score (nSPS) is 20.3. The Morgan fingerprint density at radius 3 is 2.42 bits per heavy atom. The molecule has 2 heterocycles. The first-order valence-electron chi connectivity index (χ1n) is 9.10. The van der Waals surface area contributed by atoms with Crippen molar-refractivity contribution in [2.24, 2.45) is 0 Å². The van der Waals surface area contributed by atoms with Crippen molar-refractivity contribution in [3.05, 3.63) is 46.7 Å². The second-order valence-electron chi connectivity index (χ2n) is 7.65. The number of carbonyl (C=O) groups excluding carboxylic acids is 2. The molecular formula is C20H28N4O2. The summed E-state index contributed by atoms with van der Waals surface area (Å²) >= 11 is 0. The number of carbonyl (C=O) groups is 2. The van der Waals surface area contributed by atoms with Gasteiger partial charge in [0.15, 0.2) is 0 Å². The lowest BCUT2D eigenvalue weighted by atomic mass is 9.93. The summed E-state index contributed by atoms with van der Waals surface area (Å²) in [4.78, 5) is 30.9. The summed E-state index contributed by atoms with van der Waals surface area (Å²) in [5.41, 5.74) is 3.71. The Bertz CT molecular complexity index is 737. The van der Waals surface area contributed by atoms with Crippen LogP contribution in [0.1, 0.15) is 36.9 Å². The highest BCUT2D eigenvalue weighted by Gasteiger charge is 2.42. The quantitative estimate of drug-likeness (QED) is 0.880. The minimum Gasteiger partial charge on any atom is -0.332 e. The predicted molar refractivity (Wildman–Crippen MR) is 102 cm³/mol. The van der Waals surface area contributed by atoms with Gasteiger partial charge >= 0.3 is 6.03 Å². The van der Waals surface area contributed by atoms with Gasteiger partial charge in [-0.3, -0.25) is 9.69 Å². The molecule has 6 nitrogen and oxygen atoms in total. The first kappa shape index (κ1) is 18.5. The lowest BCUT2D eigenvalue weighted by Crippen LogP contribution is -2.45. The van der Waals surface area contributed by atoms with Gasteiger partial charge in [0.2, 0.25) is 0 Å². The van der Waals surface area contributed by atoms with Crippen molar-refractivity contribution >= 4 is 11.9 Å². The molecule has 0 fully saturated rings. The van der Waals surface area contributed by atoms with Crippen molar-refractivity contribution in [1.29, 1.82) is 0 Å². The van der Waals surface area contributed by atoms with Crippen LogP contribution in [0.4, 0.5) is 4.79 Å². The van der Waals surface area contributed by atoms with E-state index in [4.69, 9.17) is 0 Å². The van der Waals surface area contributed by atoms with E-state index in [2.05, 4.69) is 36.2 Å². The minimum atomic E-state index is -0.383. The van der Waals surface area contributed by atoms with Gasteiger partial charge in [-0.2, -0.15) is 0 Å². The summed E-state index contributed by atoms with van der Waals surface area (Å²) in [6.07, 6.45) is 0. The van der Waals surface area contributed by atoms with Crippen LogP contribution in [0.25, 0.3) is 0 Å². The van der Waals surface area contributed by atoms with E-state index < -0.39 is 0 Å². The predicted octanol–water partition coefficient (Wildman–Crippen LogP) is 2.16. The molecule has 0 saturated heterocycles. The molecule has 0 bridgehead atoms. The van der Waals surface area contributed by atoms with Crippen molar-refractivity contribution in [3.63, 3.8) is 0 Å². The van der Waals surface area contributed by atoms with Crippen LogP contribution >= 0.6 is 0 Å². The number of amides is 3. The zero-order valence-corrected chi connectivity index (χ0v) is 16.2. The van der Waals surface area contributed by atoms with E-state index in [1.54, 1.807) is 11.9 Å². The average molecular weight is 356 g/mol. The number of nitrogens with zero attached hydrogens (tertiary/aromatic N) is 3. The number of hydrogen-bond acceptors (Lipinski definition) is 3. The van der Waals surface area contributed by atoms with Gasteiger partial charge in [-0.05, 0) is 31.1 Å². The Kier molecular flexibility index (Phi) is 5.05. The molecule has 2 aliphatic heterocycles. The molecule has 26 heavy (non-hydrogen) atoms. The van der Waals surface area contributed by atoms with Crippen molar-refractivity contribution in [3.8, 4) is 0 Å². The van der Waals surface area contributed by atoms with Crippen LogP contribution in [0.15, 0.2) is 35.5 Å². The molecule has 2 aliphatic rings. The van der Waals surface area contributed by atoms with E-state index in [0.29, 0.717) is 24.6 Å². The largest absolute Gasteiger partial charge is 0.332 e. The molecule has 140 valence electrons.